The Bertz CT molecular complexity index is 2510. The molecular formula is C42H26N2S. The van der Waals surface area contributed by atoms with E-state index in [0.717, 1.165) is 33.9 Å². The van der Waals surface area contributed by atoms with Crippen molar-refractivity contribution in [2.75, 3.05) is 0 Å². The van der Waals surface area contributed by atoms with Crippen LogP contribution in [0, 0.1) is 0 Å². The van der Waals surface area contributed by atoms with Crippen LogP contribution in [0.2, 0.25) is 0 Å². The highest BCUT2D eigenvalue weighted by Gasteiger charge is 2.17. The van der Waals surface area contributed by atoms with E-state index in [1.54, 1.807) is 0 Å². The number of rotatable bonds is 4. The van der Waals surface area contributed by atoms with Crippen LogP contribution in [0.3, 0.4) is 0 Å². The predicted octanol–water partition coefficient (Wildman–Crippen LogP) is 11.8. The number of thiophene rings is 1. The van der Waals surface area contributed by atoms with Gasteiger partial charge in [-0.3, -0.25) is 0 Å². The van der Waals surface area contributed by atoms with Crippen molar-refractivity contribution in [3.63, 3.8) is 0 Å². The maximum Gasteiger partial charge on any atom is 0.160 e. The minimum Gasteiger partial charge on any atom is -0.228 e. The summed E-state index contributed by atoms with van der Waals surface area (Å²) < 4.78 is 1.28. The topological polar surface area (TPSA) is 25.8 Å². The fourth-order valence-corrected chi connectivity index (χ4v) is 7.58. The first kappa shape index (κ1) is 25.8. The van der Waals surface area contributed by atoms with Crippen LogP contribution >= 0.6 is 11.3 Å². The number of aromatic nitrogens is 2. The van der Waals surface area contributed by atoms with E-state index in [9.17, 15) is 0 Å². The van der Waals surface area contributed by atoms with Gasteiger partial charge in [0.05, 0.1) is 11.4 Å². The number of benzene rings is 7. The average molecular weight is 591 g/mol. The zero-order valence-electron chi connectivity index (χ0n) is 24.3. The van der Waals surface area contributed by atoms with Crippen molar-refractivity contribution >= 4 is 53.7 Å². The molecule has 9 aromatic rings. The Morgan fingerprint density at radius 1 is 0.378 bits per heavy atom. The van der Waals surface area contributed by atoms with E-state index in [0.29, 0.717) is 0 Å². The second-order valence-corrected chi connectivity index (χ2v) is 12.5. The Kier molecular flexibility index (Phi) is 6.03. The Balaban J connectivity index is 1.28. The molecule has 7 aromatic carbocycles. The number of hydrogen-bond acceptors (Lipinski definition) is 3. The smallest absolute Gasteiger partial charge is 0.160 e. The summed E-state index contributed by atoms with van der Waals surface area (Å²) in [6.07, 6.45) is 0. The molecule has 0 bridgehead atoms. The van der Waals surface area contributed by atoms with Gasteiger partial charge in [0.15, 0.2) is 5.82 Å². The Morgan fingerprint density at radius 2 is 1.04 bits per heavy atom. The number of nitrogens with zero attached hydrogens (tertiary/aromatic N) is 2. The first-order chi connectivity index (χ1) is 22.3. The van der Waals surface area contributed by atoms with Crippen LogP contribution in [0.15, 0.2) is 158 Å². The van der Waals surface area contributed by atoms with Gasteiger partial charge in [-0.15, -0.1) is 11.3 Å². The number of fused-ring (bicyclic) bond motifs is 5. The molecule has 3 heteroatoms. The van der Waals surface area contributed by atoms with Crippen molar-refractivity contribution in [2.45, 2.75) is 0 Å². The zero-order valence-corrected chi connectivity index (χ0v) is 25.1. The lowest BCUT2D eigenvalue weighted by Gasteiger charge is -2.14. The summed E-state index contributed by atoms with van der Waals surface area (Å²) in [5.41, 5.74) is 6.20. The van der Waals surface area contributed by atoms with Gasteiger partial charge >= 0.3 is 0 Å². The highest BCUT2D eigenvalue weighted by molar-refractivity contribution is 7.22. The van der Waals surface area contributed by atoms with E-state index in [1.165, 1.54) is 52.8 Å². The Morgan fingerprint density at radius 3 is 1.87 bits per heavy atom. The molecule has 0 unspecified atom stereocenters. The van der Waals surface area contributed by atoms with E-state index >= 15 is 0 Å². The summed E-state index contributed by atoms with van der Waals surface area (Å²) in [6, 6.07) is 56.2. The molecule has 0 atom stereocenters. The van der Waals surface area contributed by atoms with E-state index in [1.807, 2.05) is 29.5 Å². The van der Waals surface area contributed by atoms with Crippen LogP contribution in [0.4, 0.5) is 0 Å². The van der Waals surface area contributed by atoms with Gasteiger partial charge in [0.2, 0.25) is 0 Å². The van der Waals surface area contributed by atoms with Gasteiger partial charge in [-0.2, -0.15) is 0 Å². The highest BCUT2D eigenvalue weighted by Crippen LogP contribution is 2.41. The fourth-order valence-electron chi connectivity index (χ4n) is 6.48. The summed E-state index contributed by atoms with van der Waals surface area (Å²) >= 11 is 1.82. The molecule has 0 saturated carbocycles. The lowest BCUT2D eigenvalue weighted by atomic mass is 9.94. The summed E-state index contributed by atoms with van der Waals surface area (Å²) in [5.74, 6) is 0.720. The lowest BCUT2D eigenvalue weighted by Crippen LogP contribution is -1.97. The average Bonchev–Trinajstić information content (AvgIpc) is 3.55. The molecule has 210 valence electrons. The van der Waals surface area contributed by atoms with E-state index in [-0.39, 0.29) is 0 Å². The molecule has 9 rings (SSSR count). The van der Waals surface area contributed by atoms with Crippen LogP contribution in [0.5, 0.6) is 0 Å². The fraction of sp³-hybridized carbons (Fsp3) is 0. The minimum atomic E-state index is 0.720. The highest BCUT2D eigenvalue weighted by atomic mass is 32.1. The molecule has 45 heavy (non-hydrogen) atoms. The largest absolute Gasteiger partial charge is 0.228 e. The second kappa shape index (κ2) is 10.5. The third kappa shape index (κ3) is 4.48. The summed E-state index contributed by atoms with van der Waals surface area (Å²) in [5, 5.41) is 8.66. The number of hydrogen-bond donors (Lipinski definition) is 0. The molecule has 0 N–H and O–H groups in total. The maximum absolute atomic E-state index is 5.21. The molecule has 2 nitrogen and oxygen atoms in total. The van der Waals surface area contributed by atoms with E-state index in [4.69, 9.17) is 9.97 Å². The molecule has 0 amide bonds. The van der Waals surface area contributed by atoms with Crippen molar-refractivity contribution in [3.8, 4) is 44.3 Å². The summed E-state index contributed by atoms with van der Waals surface area (Å²) in [7, 11) is 0. The molecule has 0 aliphatic carbocycles. The minimum absolute atomic E-state index is 0.720. The van der Waals surface area contributed by atoms with Gasteiger partial charge in [0.1, 0.15) is 0 Å². The first-order valence-electron chi connectivity index (χ1n) is 15.2. The van der Waals surface area contributed by atoms with Crippen LogP contribution in [-0.4, -0.2) is 9.97 Å². The lowest BCUT2D eigenvalue weighted by molar-refractivity contribution is 1.19. The molecule has 0 fully saturated rings. The molecule has 0 aliphatic heterocycles. The summed E-state index contributed by atoms with van der Waals surface area (Å²) in [4.78, 5) is 11.6. The second-order valence-electron chi connectivity index (χ2n) is 11.4. The molecule has 0 spiro atoms. The first-order valence-corrected chi connectivity index (χ1v) is 16.0. The van der Waals surface area contributed by atoms with E-state index < -0.39 is 0 Å². The monoisotopic (exact) mass is 590 g/mol. The normalized spacial score (nSPS) is 11.6. The van der Waals surface area contributed by atoms with Crippen LogP contribution in [0.1, 0.15) is 0 Å². The quantitative estimate of drug-likeness (QED) is 0.150. The molecule has 2 heterocycles. The van der Waals surface area contributed by atoms with Crippen LogP contribution < -0.4 is 0 Å². The van der Waals surface area contributed by atoms with Gasteiger partial charge in [-0.1, -0.05) is 127 Å². The maximum atomic E-state index is 5.21. The zero-order chi connectivity index (χ0) is 29.7. The van der Waals surface area contributed by atoms with E-state index in [2.05, 4.69) is 140 Å². The van der Waals surface area contributed by atoms with Gasteiger partial charge < -0.3 is 0 Å². The Labute approximate surface area is 264 Å². The van der Waals surface area contributed by atoms with Crippen LogP contribution in [-0.2, 0) is 0 Å². The Hall–Kier alpha value is -5.64. The van der Waals surface area contributed by atoms with Gasteiger partial charge in [-0.05, 0) is 68.0 Å². The van der Waals surface area contributed by atoms with Gasteiger partial charge in [0.25, 0.3) is 0 Å². The molecule has 0 aliphatic rings. The standard InChI is InChI=1S/C42H26N2S/c1-2-11-27(12-3-1)42-43-38(26-39(44-42)35-16-7-8-17-36(35)41-25-31-15-6-9-20-40(31)45-41)34-19-10-18-32-33(34)22-21-30-23-28-13-4-5-14-29(28)24-37(30)32/h1-26H. The van der Waals surface area contributed by atoms with Crippen LogP contribution in [0.25, 0.3) is 86.7 Å². The predicted molar refractivity (Wildman–Crippen MR) is 192 cm³/mol. The molecule has 0 radical (unpaired) electrons. The molecule has 0 saturated heterocycles. The van der Waals surface area contributed by atoms with Crippen molar-refractivity contribution in [3.05, 3.63) is 158 Å². The summed E-state index contributed by atoms with van der Waals surface area (Å²) in [6.45, 7) is 0. The third-order valence-electron chi connectivity index (χ3n) is 8.67. The van der Waals surface area contributed by atoms with Crippen molar-refractivity contribution in [1.29, 1.82) is 0 Å². The van der Waals surface area contributed by atoms with Gasteiger partial charge in [-0.25, -0.2) is 9.97 Å². The van der Waals surface area contributed by atoms with Crippen molar-refractivity contribution < 1.29 is 0 Å². The van der Waals surface area contributed by atoms with Crippen molar-refractivity contribution in [2.24, 2.45) is 0 Å². The molecular weight excluding hydrogens is 565 g/mol. The SMILES string of the molecule is c1ccc(-c2nc(-c3ccccc3-c3cc4ccccc4s3)cc(-c3cccc4c3ccc3cc5ccccc5cc34)n2)cc1. The van der Waals surface area contributed by atoms with Crippen molar-refractivity contribution in [1.82, 2.24) is 9.97 Å². The molecule has 2 aromatic heterocycles. The van der Waals surface area contributed by atoms with Gasteiger partial charge in [0, 0.05) is 31.8 Å². The third-order valence-corrected chi connectivity index (χ3v) is 9.82.